The van der Waals surface area contributed by atoms with Crippen LogP contribution in [0.15, 0.2) is 35.8 Å². The number of aromatic nitrogens is 2. The van der Waals surface area contributed by atoms with Crippen molar-refractivity contribution in [3.8, 4) is 0 Å². The Hall–Kier alpha value is -1.60. The highest BCUT2D eigenvalue weighted by atomic mass is 35.5. The zero-order chi connectivity index (χ0) is 17.1. The van der Waals surface area contributed by atoms with Gasteiger partial charge in [0.1, 0.15) is 5.69 Å². The molecule has 0 atom stereocenters. The summed E-state index contributed by atoms with van der Waals surface area (Å²) in [6.07, 6.45) is 2.79. The zero-order valence-electron chi connectivity index (χ0n) is 14.8. The van der Waals surface area contributed by atoms with Crippen LogP contribution in [0.4, 0.5) is 5.69 Å². The smallest absolute Gasteiger partial charge is 0.275 e. The van der Waals surface area contributed by atoms with Gasteiger partial charge in [-0.1, -0.05) is 13.8 Å². The van der Waals surface area contributed by atoms with Crippen LogP contribution in [0, 0.1) is 5.92 Å². The van der Waals surface area contributed by atoms with Crippen molar-refractivity contribution in [3.63, 3.8) is 0 Å². The van der Waals surface area contributed by atoms with Gasteiger partial charge in [-0.3, -0.25) is 4.79 Å². The molecule has 0 bridgehead atoms. The fourth-order valence-electron chi connectivity index (χ4n) is 2.68. The molecular weight excluding hydrogens is 391 g/mol. The lowest BCUT2D eigenvalue weighted by atomic mass is 10.2. The largest absolute Gasteiger partial charge is 0.347 e. The number of carbonyl (C=O) groups excluding carboxylic acids is 1. The van der Waals surface area contributed by atoms with E-state index in [0.29, 0.717) is 24.6 Å². The van der Waals surface area contributed by atoms with Crippen molar-refractivity contribution < 1.29 is 4.79 Å². The molecule has 142 valence electrons. The lowest BCUT2D eigenvalue weighted by Crippen LogP contribution is -2.12. The molecule has 0 radical (unpaired) electrons. The maximum atomic E-state index is 12.3. The van der Waals surface area contributed by atoms with Crippen LogP contribution in [-0.4, -0.2) is 22.0 Å². The summed E-state index contributed by atoms with van der Waals surface area (Å²) < 4.78 is 2.24. The fourth-order valence-corrected chi connectivity index (χ4v) is 3.47. The highest BCUT2D eigenvalue weighted by Gasteiger charge is 2.11. The second kappa shape index (κ2) is 9.92. The number of nitrogens with zero attached hydrogens (tertiary/aromatic N) is 2. The number of hydrogen-bond donors (Lipinski definition) is 2. The molecule has 0 spiro atoms. The van der Waals surface area contributed by atoms with Crippen LogP contribution >= 0.6 is 36.2 Å². The first kappa shape index (κ1) is 22.4. The Morgan fingerprint density at radius 2 is 2.08 bits per heavy atom. The number of halogens is 2. The van der Waals surface area contributed by atoms with E-state index in [2.05, 4.69) is 41.0 Å². The topological polar surface area (TPSA) is 72.9 Å². The first-order chi connectivity index (χ1) is 11.6. The number of rotatable bonds is 6. The molecule has 0 saturated heterocycles. The molecule has 1 amide bonds. The van der Waals surface area contributed by atoms with Crippen LogP contribution < -0.4 is 11.1 Å². The average Bonchev–Trinajstić information content (AvgIpc) is 3.15. The number of thiazole rings is 1. The van der Waals surface area contributed by atoms with Crippen molar-refractivity contribution in [1.29, 1.82) is 0 Å². The minimum Gasteiger partial charge on any atom is -0.347 e. The zero-order valence-corrected chi connectivity index (χ0v) is 17.2. The highest BCUT2D eigenvalue weighted by molar-refractivity contribution is 7.09. The van der Waals surface area contributed by atoms with Crippen molar-refractivity contribution in [2.45, 2.75) is 26.8 Å². The van der Waals surface area contributed by atoms with Crippen LogP contribution in [0.1, 0.15) is 29.3 Å². The van der Waals surface area contributed by atoms with Gasteiger partial charge in [-0.2, -0.15) is 0 Å². The van der Waals surface area contributed by atoms with Crippen LogP contribution in [0.3, 0.4) is 0 Å². The van der Waals surface area contributed by atoms with Crippen molar-refractivity contribution in [1.82, 2.24) is 9.55 Å². The van der Waals surface area contributed by atoms with Gasteiger partial charge < -0.3 is 15.6 Å². The molecule has 26 heavy (non-hydrogen) atoms. The molecule has 0 aliphatic heterocycles. The van der Waals surface area contributed by atoms with E-state index in [1.165, 1.54) is 16.9 Å². The molecule has 2 aromatic heterocycles. The van der Waals surface area contributed by atoms with E-state index in [1.54, 1.807) is 5.38 Å². The lowest BCUT2D eigenvalue weighted by Gasteiger charge is -2.09. The molecule has 0 aliphatic carbocycles. The van der Waals surface area contributed by atoms with E-state index in [-0.39, 0.29) is 30.7 Å². The molecule has 3 aromatic rings. The van der Waals surface area contributed by atoms with Gasteiger partial charge in [0.2, 0.25) is 0 Å². The number of amides is 1. The SMILES string of the molecule is CC(C)Cn1ccc2cc(NC(=O)c3csc(CCN)n3)ccc21.Cl.Cl. The van der Waals surface area contributed by atoms with Gasteiger partial charge in [0, 0.05) is 41.1 Å². The predicted octanol–water partition coefficient (Wildman–Crippen LogP) is 4.35. The minimum absolute atomic E-state index is 0. The Morgan fingerprint density at radius 3 is 2.77 bits per heavy atom. The van der Waals surface area contributed by atoms with Gasteiger partial charge in [0.25, 0.3) is 5.91 Å². The van der Waals surface area contributed by atoms with E-state index >= 15 is 0 Å². The number of nitrogens with two attached hydrogens (primary N) is 1. The summed E-state index contributed by atoms with van der Waals surface area (Å²) >= 11 is 1.47. The van der Waals surface area contributed by atoms with E-state index in [0.717, 1.165) is 22.6 Å². The number of hydrogen-bond acceptors (Lipinski definition) is 4. The number of fused-ring (bicyclic) bond motifs is 1. The Labute approximate surface area is 169 Å². The summed E-state index contributed by atoms with van der Waals surface area (Å²) in [4.78, 5) is 16.6. The van der Waals surface area contributed by atoms with Crippen molar-refractivity contribution >= 4 is 58.6 Å². The molecular formula is C18H24Cl2N4OS. The lowest BCUT2D eigenvalue weighted by molar-refractivity contribution is 0.102. The standard InChI is InChI=1S/C18H22N4OS.2ClH/c1-12(2)10-22-8-6-13-9-14(3-4-16(13)22)20-18(23)15-11-24-17(21-15)5-7-19;;/h3-4,6,8-9,11-12H,5,7,10,19H2,1-2H3,(H,20,23);2*1H. The highest BCUT2D eigenvalue weighted by Crippen LogP contribution is 2.22. The number of carbonyl (C=O) groups is 1. The Balaban J connectivity index is 0.00000169. The summed E-state index contributed by atoms with van der Waals surface area (Å²) in [5.74, 6) is 0.405. The van der Waals surface area contributed by atoms with E-state index in [9.17, 15) is 4.79 Å². The molecule has 1 aromatic carbocycles. The molecule has 2 heterocycles. The summed E-state index contributed by atoms with van der Waals surface area (Å²) in [5.41, 5.74) is 7.93. The molecule has 5 nitrogen and oxygen atoms in total. The van der Waals surface area contributed by atoms with E-state index < -0.39 is 0 Å². The normalized spacial score (nSPS) is 10.5. The third-order valence-electron chi connectivity index (χ3n) is 3.73. The summed E-state index contributed by atoms with van der Waals surface area (Å²) in [5, 5.41) is 6.71. The van der Waals surface area contributed by atoms with Gasteiger partial charge in [-0.15, -0.1) is 36.2 Å². The van der Waals surface area contributed by atoms with Crippen LogP contribution in [0.2, 0.25) is 0 Å². The second-order valence-electron chi connectivity index (χ2n) is 6.25. The minimum atomic E-state index is -0.185. The molecule has 3 N–H and O–H groups in total. The van der Waals surface area contributed by atoms with E-state index in [4.69, 9.17) is 5.73 Å². The maximum absolute atomic E-state index is 12.3. The Morgan fingerprint density at radius 1 is 1.31 bits per heavy atom. The third-order valence-corrected chi connectivity index (χ3v) is 4.64. The predicted molar refractivity (Wildman–Crippen MR) is 114 cm³/mol. The molecule has 0 fully saturated rings. The maximum Gasteiger partial charge on any atom is 0.275 e. The molecule has 0 aliphatic rings. The van der Waals surface area contributed by atoms with Crippen LogP contribution in [-0.2, 0) is 13.0 Å². The molecule has 0 saturated carbocycles. The summed E-state index contributed by atoms with van der Waals surface area (Å²) in [6, 6.07) is 8.06. The quantitative estimate of drug-likeness (QED) is 0.629. The first-order valence-corrected chi connectivity index (χ1v) is 8.99. The molecule has 8 heteroatoms. The first-order valence-electron chi connectivity index (χ1n) is 8.11. The van der Waals surface area contributed by atoms with Crippen LogP contribution in [0.5, 0.6) is 0 Å². The van der Waals surface area contributed by atoms with Gasteiger partial charge in [0.05, 0.1) is 5.01 Å². The van der Waals surface area contributed by atoms with Crippen LogP contribution in [0.25, 0.3) is 10.9 Å². The average molecular weight is 415 g/mol. The van der Waals surface area contributed by atoms with Crippen molar-refractivity contribution in [3.05, 3.63) is 46.5 Å². The van der Waals surface area contributed by atoms with Gasteiger partial charge in [-0.25, -0.2) is 4.98 Å². The summed E-state index contributed by atoms with van der Waals surface area (Å²) in [7, 11) is 0. The number of benzene rings is 1. The van der Waals surface area contributed by atoms with Crippen molar-refractivity contribution in [2.75, 3.05) is 11.9 Å². The Kier molecular flexibility index (Phi) is 8.56. The third kappa shape index (κ3) is 5.20. The monoisotopic (exact) mass is 414 g/mol. The Bertz CT molecular complexity index is 860. The van der Waals surface area contributed by atoms with Gasteiger partial charge in [0.15, 0.2) is 0 Å². The fraction of sp³-hybridized carbons (Fsp3) is 0.333. The van der Waals surface area contributed by atoms with E-state index in [1.807, 2.05) is 18.2 Å². The number of anilines is 1. The molecule has 3 rings (SSSR count). The van der Waals surface area contributed by atoms with Gasteiger partial charge in [-0.05, 0) is 36.7 Å². The summed E-state index contributed by atoms with van der Waals surface area (Å²) in [6.45, 7) is 5.93. The molecule has 0 unspecified atom stereocenters. The van der Waals surface area contributed by atoms with Crippen molar-refractivity contribution in [2.24, 2.45) is 11.7 Å². The second-order valence-corrected chi connectivity index (χ2v) is 7.20. The number of nitrogens with one attached hydrogen (secondary N) is 1. The van der Waals surface area contributed by atoms with Gasteiger partial charge >= 0.3 is 0 Å².